The van der Waals surface area contributed by atoms with Crippen LogP contribution in [-0.4, -0.2) is 44.4 Å². The van der Waals surface area contributed by atoms with Crippen LogP contribution in [0, 0.1) is 13.8 Å². The third-order valence-electron chi connectivity index (χ3n) is 5.09. The van der Waals surface area contributed by atoms with Gasteiger partial charge in [-0.3, -0.25) is 9.89 Å². The lowest BCUT2D eigenvalue weighted by Gasteiger charge is -2.26. The summed E-state index contributed by atoms with van der Waals surface area (Å²) in [5.74, 6) is -0.110. The van der Waals surface area contributed by atoms with Gasteiger partial charge in [0.1, 0.15) is 17.1 Å². The number of β-amino-alcohol motifs (C(OH)–C–C–N with tert-alkyl or cyclic N) is 1. The first-order valence-electron chi connectivity index (χ1n) is 8.98. The van der Waals surface area contributed by atoms with E-state index in [1.165, 1.54) is 0 Å². The molecule has 28 heavy (non-hydrogen) atoms. The van der Waals surface area contributed by atoms with Crippen molar-refractivity contribution >= 4 is 17.5 Å². The highest BCUT2D eigenvalue weighted by Gasteiger charge is 2.42. The second-order valence-corrected chi connectivity index (χ2v) is 7.45. The maximum absolute atomic E-state index is 13.0. The van der Waals surface area contributed by atoms with Crippen LogP contribution in [0.2, 0.25) is 5.02 Å². The zero-order valence-electron chi connectivity index (χ0n) is 15.5. The molecule has 0 spiro atoms. The number of hydrogen-bond acceptors (Lipinski definition) is 4. The molecule has 2 heterocycles. The van der Waals surface area contributed by atoms with E-state index in [2.05, 4.69) is 10.2 Å². The van der Waals surface area contributed by atoms with Crippen LogP contribution in [0.1, 0.15) is 38.8 Å². The van der Waals surface area contributed by atoms with E-state index in [9.17, 15) is 15.0 Å². The van der Waals surface area contributed by atoms with Crippen molar-refractivity contribution in [2.45, 2.75) is 19.9 Å². The molecule has 6 nitrogen and oxygen atoms in total. The Hall–Kier alpha value is -2.83. The topological polar surface area (TPSA) is 89.5 Å². The lowest BCUT2D eigenvalue weighted by atomic mass is 9.93. The second kappa shape index (κ2) is 6.96. The van der Waals surface area contributed by atoms with Crippen molar-refractivity contribution in [1.82, 2.24) is 15.1 Å². The number of halogens is 1. The Bertz CT molecular complexity index is 1040. The number of carbonyl (C=O) groups is 1. The monoisotopic (exact) mass is 397 g/mol. The van der Waals surface area contributed by atoms with Crippen molar-refractivity contribution < 1.29 is 15.0 Å². The highest BCUT2D eigenvalue weighted by atomic mass is 35.5. The molecular formula is C21H20ClN3O3. The van der Waals surface area contributed by atoms with Crippen molar-refractivity contribution in [3.05, 3.63) is 69.4 Å². The maximum Gasteiger partial charge on any atom is 0.273 e. The number of aliphatic hydroxyl groups is 1. The number of aromatic amines is 1. The molecule has 0 radical (unpaired) electrons. The molecular weight excluding hydrogens is 378 g/mol. The lowest BCUT2D eigenvalue weighted by Crippen LogP contribution is -2.32. The highest BCUT2D eigenvalue weighted by molar-refractivity contribution is 6.30. The predicted molar refractivity (Wildman–Crippen MR) is 107 cm³/mol. The summed E-state index contributed by atoms with van der Waals surface area (Å²) in [6, 6.07) is 10.5. The largest absolute Gasteiger partial charge is 0.507 e. The number of phenolic OH excluding ortho intramolecular Hbond substituents is 1. The first-order chi connectivity index (χ1) is 13.4. The van der Waals surface area contributed by atoms with Crippen LogP contribution in [0.3, 0.4) is 0 Å². The maximum atomic E-state index is 13.0. The fourth-order valence-corrected chi connectivity index (χ4v) is 4.10. The van der Waals surface area contributed by atoms with Crippen molar-refractivity contribution in [2.24, 2.45) is 0 Å². The van der Waals surface area contributed by atoms with Crippen molar-refractivity contribution in [3.63, 3.8) is 0 Å². The molecule has 3 aromatic rings. The van der Waals surface area contributed by atoms with Crippen molar-refractivity contribution in [1.29, 1.82) is 0 Å². The van der Waals surface area contributed by atoms with Gasteiger partial charge >= 0.3 is 0 Å². The highest BCUT2D eigenvalue weighted by Crippen LogP contribution is 2.45. The Morgan fingerprint density at radius 2 is 1.93 bits per heavy atom. The number of aryl methyl sites for hydroxylation is 2. The van der Waals surface area contributed by atoms with Gasteiger partial charge in [0, 0.05) is 22.7 Å². The van der Waals surface area contributed by atoms with Gasteiger partial charge in [-0.2, -0.15) is 5.10 Å². The summed E-state index contributed by atoms with van der Waals surface area (Å²) in [7, 11) is 0. The van der Waals surface area contributed by atoms with E-state index in [1.54, 1.807) is 23.1 Å². The Labute approximate surface area is 167 Å². The van der Waals surface area contributed by atoms with Gasteiger partial charge in [0.25, 0.3) is 5.91 Å². The number of carbonyl (C=O) groups excluding carboxylic acids is 1. The molecule has 0 saturated heterocycles. The summed E-state index contributed by atoms with van der Waals surface area (Å²) in [6.45, 7) is 3.85. The number of H-pyrrole nitrogens is 1. The van der Waals surface area contributed by atoms with Gasteiger partial charge in [-0.05, 0) is 48.7 Å². The smallest absolute Gasteiger partial charge is 0.273 e. The van der Waals surface area contributed by atoms with Crippen LogP contribution >= 0.6 is 11.6 Å². The molecule has 144 valence electrons. The zero-order valence-corrected chi connectivity index (χ0v) is 16.3. The Balaban J connectivity index is 1.94. The molecule has 0 bridgehead atoms. The SMILES string of the molecule is Cc1cc(C)c(-c2n[nH]c3c2[C@H](c2ccc(Cl)cc2)N(CCO)C3=O)c(O)c1. The number of hydrogen-bond donors (Lipinski definition) is 3. The van der Waals surface area contributed by atoms with Crippen LogP contribution in [0.25, 0.3) is 11.3 Å². The number of phenols is 1. The Kier molecular flexibility index (Phi) is 4.61. The van der Waals surface area contributed by atoms with Gasteiger partial charge in [0.05, 0.1) is 12.6 Å². The minimum absolute atomic E-state index is 0.120. The molecule has 3 N–H and O–H groups in total. The summed E-state index contributed by atoms with van der Waals surface area (Å²) in [4.78, 5) is 14.6. The molecule has 7 heteroatoms. The molecule has 0 unspecified atom stereocenters. The summed E-state index contributed by atoms with van der Waals surface area (Å²) in [6.07, 6.45) is 0. The van der Waals surface area contributed by atoms with Crippen molar-refractivity contribution in [3.8, 4) is 17.0 Å². The van der Waals surface area contributed by atoms with Crippen LogP contribution < -0.4 is 0 Å². The van der Waals surface area contributed by atoms with Gasteiger partial charge < -0.3 is 15.1 Å². The molecule has 0 fully saturated rings. The van der Waals surface area contributed by atoms with Gasteiger partial charge in [-0.25, -0.2) is 0 Å². The first-order valence-corrected chi connectivity index (χ1v) is 9.36. The summed E-state index contributed by atoms with van der Waals surface area (Å²) in [5.41, 5.74) is 4.88. The van der Waals surface area contributed by atoms with Gasteiger partial charge in [0.2, 0.25) is 0 Å². The molecule has 1 aliphatic heterocycles. The minimum Gasteiger partial charge on any atom is -0.507 e. The third kappa shape index (κ3) is 2.85. The van der Waals surface area contributed by atoms with Gasteiger partial charge in [-0.1, -0.05) is 29.8 Å². The molecule has 4 rings (SSSR count). The number of fused-ring (bicyclic) bond motifs is 1. The van der Waals surface area contributed by atoms with E-state index in [1.807, 2.05) is 32.0 Å². The molecule has 1 amide bonds. The number of aromatic hydroxyl groups is 1. The zero-order chi connectivity index (χ0) is 20.0. The quantitative estimate of drug-likeness (QED) is 0.627. The van der Waals surface area contributed by atoms with Crippen LogP contribution in [-0.2, 0) is 0 Å². The molecule has 1 atom stereocenters. The molecule has 2 aromatic carbocycles. The number of benzene rings is 2. The molecule has 0 aliphatic carbocycles. The van der Waals surface area contributed by atoms with Gasteiger partial charge in [0.15, 0.2) is 0 Å². The van der Waals surface area contributed by atoms with E-state index in [0.29, 0.717) is 27.5 Å². The number of nitrogens with zero attached hydrogens (tertiary/aromatic N) is 2. The number of rotatable bonds is 4. The Morgan fingerprint density at radius 1 is 1.21 bits per heavy atom. The fraction of sp³-hybridized carbons (Fsp3) is 0.238. The van der Waals surface area contributed by atoms with Crippen molar-refractivity contribution in [2.75, 3.05) is 13.2 Å². The first kappa shape index (κ1) is 18.5. The van der Waals surface area contributed by atoms with E-state index < -0.39 is 6.04 Å². The van der Waals surface area contributed by atoms with Gasteiger partial charge in [-0.15, -0.1) is 0 Å². The van der Waals surface area contributed by atoms with E-state index >= 15 is 0 Å². The Morgan fingerprint density at radius 3 is 2.57 bits per heavy atom. The fourth-order valence-electron chi connectivity index (χ4n) is 3.97. The number of amides is 1. The number of aromatic nitrogens is 2. The third-order valence-corrected chi connectivity index (χ3v) is 5.34. The average molecular weight is 398 g/mol. The second-order valence-electron chi connectivity index (χ2n) is 7.01. The molecule has 0 saturated carbocycles. The van der Waals surface area contributed by atoms with E-state index in [4.69, 9.17) is 11.6 Å². The van der Waals surface area contributed by atoms with E-state index in [-0.39, 0.29) is 24.8 Å². The average Bonchev–Trinajstić information content (AvgIpc) is 3.16. The van der Waals surface area contributed by atoms with Crippen LogP contribution in [0.5, 0.6) is 5.75 Å². The normalized spacial score (nSPS) is 15.9. The lowest BCUT2D eigenvalue weighted by molar-refractivity contribution is 0.0706. The number of aliphatic hydroxyl groups excluding tert-OH is 1. The standard InChI is InChI=1S/C21H20ClN3O3/c1-11-9-12(2)16(15(27)10-11)18-17-19(24-23-18)21(28)25(7-8-26)20(17)13-3-5-14(22)6-4-13/h3-6,9-10,20,26-27H,7-8H2,1-2H3,(H,23,24)/t20-/m0/s1. The summed E-state index contributed by atoms with van der Waals surface area (Å²) < 4.78 is 0. The molecule has 1 aromatic heterocycles. The molecule has 1 aliphatic rings. The minimum atomic E-state index is -0.430. The summed E-state index contributed by atoms with van der Waals surface area (Å²) in [5, 5.41) is 27.9. The summed E-state index contributed by atoms with van der Waals surface area (Å²) >= 11 is 6.04. The van der Waals surface area contributed by atoms with Crippen LogP contribution in [0.15, 0.2) is 36.4 Å². The predicted octanol–water partition coefficient (Wildman–Crippen LogP) is 3.59. The number of nitrogens with one attached hydrogen (secondary N) is 1. The van der Waals surface area contributed by atoms with Crippen LogP contribution in [0.4, 0.5) is 0 Å². The van der Waals surface area contributed by atoms with E-state index in [0.717, 1.165) is 16.7 Å².